The van der Waals surface area contributed by atoms with Gasteiger partial charge in [0.2, 0.25) is 5.91 Å². The fraction of sp³-hybridized carbons (Fsp3) is 0.727. The third-order valence-corrected chi connectivity index (χ3v) is 3.38. The highest BCUT2D eigenvalue weighted by atomic mass is 16.2. The molecule has 1 aliphatic heterocycles. The van der Waals surface area contributed by atoms with Gasteiger partial charge in [-0.25, -0.2) is 0 Å². The van der Waals surface area contributed by atoms with E-state index in [9.17, 15) is 4.79 Å². The lowest BCUT2D eigenvalue weighted by atomic mass is 9.93. The lowest BCUT2D eigenvalue weighted by Gasteiger charge is -2.26. The summed E-state index contributed by atoms with van der Waals surface area (Å²) in [6.07, 6.45) is 6.26. The van der Waals surface area contributed by atoms with Crippen LogP contribution < -0.4 is 10.6 Å². The van der Waals surface area contributed by atoms with Crippen molar-refractivity contribution in [2.45, 2.75) is 38.3 Å². The monoisotopic (exact) mass is 237 g/mol. The van der Waals surface area contributed by atoms with Gasteiger partial charge < -0.3 is 10.6 Å². The summed E-state index contributed by atoms with van der Waals surface area (Å²) in [5.41, 5.74) is -0.345. The van der Waals surface area contributed by atoms with Crippen molar-refractivity contribution in [2.75, 3.05) is 13.1 Å². The Hall–Kier alpha value is -1.43. The molecule has 1 aromatic rings. The summed E-state index contributed by atoms with van der Waals surface area (Å²) in [7, 11) is 0. The molecule has 0 saturated carbocycles. The van der Waals surface area contributed by atoms with Crippen molar-refractivity contribution in [1.29, 1.82) is 0 Å². The molecule has 1 aromatic heterocycles. The Morgan fingerprint density at radius 1 is 1.65 bits per heavy atom. The van der Waals surface area contributed by atoms with E-state index >= 15 is 0 Å². The number of amides is 1. The fourth-order valence-electron chi connectivity index (χ4n) is 2.27. The van der Waals surface area contributed by atoms with Crippen LogP contribution in [0.4, 0.5) is 0 Å². The summed E-state index contributed by atoms with van der Waals surface area (Å²) >= 11 is 0. The van der Waals surface area contributed by atoms with E-state index in [-0.39, 0.29) is 11.4 Å². The van der Waals surface area contributed by atoms with Gasteiger partial charge in [0.15, 0.2) is 0 Å². The normalized spacial score (nSPS) is 23.8. The SMILES string of the molecule is CCC1(C(=O)NCCn2ccnn2)CCCN1. The van der Waals surface area contributed by atoms with Gasteiger partial charge >= 0.3 is 0 Å². The molecular weight excluding hydrogens is 218 g/mol. The topological polar surface area (TPSA) is 71.8 Å². The third-order valence-electron chi connectivity index (χ3n) is 3.38. The molecule has 94 valence electrons. The van der Waals surface area contributed by atoms with Crippen molar-refractivity contribution in [3.63, 3.8) is 0 Å². The molecule has 1 aliphatic rings. The van der Waals surface area contributed by atoms with Crippen LogP contribution in [0.2, 0.25) is 0 Å². The number of nitrogens with one attached hydrogen (secondary N) is 2. The van der Waals surface area contributed by atoms with Gasteiger partial charge in [-0.3, -0.25) is 9.48 Å². The van der Waals surface area contributed by atoms with E-state index in [2.05, 4.69) is 27.9 Å². The molecule has 0 spiro atoms. The van der Waals surface area contributed by atoms with Gasteiger partial charge in [0.05, 0.1) is 18.3 Å². The number of carbonyl (C=O) groups excluding carboxylic acids is 1. The Balaban J connectivity index is 1.80. The maximum absolute atomic E-state index is 12.1. The lowest BCUT2D eigenvalue weighted by Crippen LogP contribution is -2.53. The second kappa shape index (κ2) is 5.27. The fourth-order valence-corrected chi connectivity index (χ4v) is 2.27. The largest absolute Gasteiger partial charge is 0.353 e. The zero-order valence-corrected chi connectivity index (χ0v) is 10.1. The van der Waals surface area contributed by atoms with Crippen molar-refractivity contribution in [3.8, 4) is 0 Å². The van der Waals surface area contributed by atoms with Crippen LogP contribution in [0.5, 0.6) is 0 Å². The minimum Gasteiger partial charge on any atom is -0.353 e. The number of hydrogen-bond acceptors (Lipinski definition) is 4. The van der Waals surface area contributed by atoms with Gasteiger partial charge in [-0.15, -0.1) is 5.10 Å². The summed E-state index contributed by atoms with van der Waals surface area (Å²) < 4.78 is 1.71. The van der Waals surface area contributed by atoms with Crippen LogP contribution in [0.1, 0.15) is 26.2 Å². The zero-order valence-electron chi connectivity index (χ0n) is 10.1. The molecule has 6 heteroatoms. The van der Waals surface area contributed by atoms with E-state index in [0.29, 0.717) is 13.1 Å². The van der Waals surface area contributed by atoms with Crippen molar-refractivity contribution >= 4 is 5.91 Å². The molecular formula is C11H19N5O. The van der Waals surface area contributed by atoms with E-state index in [1.165, 1.54) is 0 Å². The summed E-state index contributed by atoms with van der Waals surface area (Å²) in [6.45, 7) is 4.23. The van der Waals surface area contributed by atoms with Gasteiger partial charge in [0.25, 0.3) is 0 Å². The molecule has 0 radical (unpaired) electrons. The van der Waals surface area contributed by atoms with Crippen molar-refractivity contribution in [3.05, 3.63) is 12.4 Å². The number of rotatable bonds is 5. The van der Waals surface area contributed by atoms with Gasteiger partial charge in [-0.05, 0) is 25.8 Å². The summed E-state index contributed by atoms with van der Waals surface area (Å²) in [5.74, 6) is 0.109. The van der Waals surface area contributed by atoms with Crippen LogP contribution in [0.15, 0.2) is 12.4 Å². The Labute approximate surface area is 101 Å². The smallest absolute Gasteiger partial charge is 0.240 e. The van der Waals surface area contributed by atoms with E-state index in [1.54, 1.807) is 17.1 Å². The van der Waals surface area contributed by atoms with E-state index in [1.807, 2.05) is 0 Å². The first-order valence-corrected chi connectivity index (χ1v) is 6.14. The van der Waals surface area contributed by atoms with Crippen molar-refractivity contribution in [2.24, 2.45) is 0 Å². The Morgan fingerprint density at radius 3 is 3.12 bits per heavy atom. The second-order valence-electron chi connectivity index (χ2n) is 4.39. The maximum atomic E-state index is 12.1. The minimum absolute atomic E-state index is 0.109. The first-order valence-electron chi connectivity index (χ1n) is 6.14. The third kappa shape index (κ3) is 2.63. The number of nitrogens with zero attached hydrogens (tertiary/aromatic N) is 3. The standard InChI is InChI=1S/C11H19N5O/c1-2-11(4-3-5-13-11)10(17)12-6-8-16-9-7-14-15-16/h7,9,13H,2-6,8H2,1H3,(H,12,17). The summed E-state index contributed by atoms with van der Waals surface area (Å²) in [4.78, 5) is 12.1. The molecule has 2 heterocycles. The Bertz CT molecular complexity index is 356. The molecule has 6 nitrogen and oxygen atoms in total. The van der Waals surface area contributed by atoms with E-state index in [0.717, 1.165) is 25.8 Å². The van der Waals surface area contributed by atoms with Crippen LogP contribution in [0.25, 0.3) is 0 Å². The summed E-state index contributed by atoms with van der Waals surface area (Å²) in [5, 5.41) is 13.8. The lowest BCUT2D eigenvalue weighted by molar-refractivity contribution is -0.127. The molecule has 1 unspecified atom stereocenters. The predicted molar refractivity (Wildman–Crippen MR) is 63.3 cm³/mol. The first kappa shape index (κ1) is 12.0. The molecule has 0 aliphatic carbocycles. The van der Waals surface area contributed by atoms with E-state index in [4.69, 9.17) is 0 Å². The quantitative estimate of drug-likeness (QED) is 0.752. The maximum Gasteiger partial charge on any atom is 0.240 e. The van der Waals surface area contributed by atoms with Crippen LogP contribution >= 0.6 is 0 Å². The highest BCUT2D eigenvalue weighted by Crippen LogP contribution is 2.22. The molecule has 17 heavy (non-hydrogen) atoms. The summed E-state index contributed by atoms with van der Waals surface area (Å²) in [6, 6.07) is 0. The molecule has 2 rings (SSSR count). The second-order valence-corrected chi connectivity index (χ2v) is 4.39. The number of carbonyl (C=O) groups is 1. The highest BCUT2D eigenvalue weighted by molar-refractivity contribution is 5.86. The number of hydrogen-bond donors (Lipinski definition) is 2. The molecule has 1 amide bonds. The average Bonchev–Trinajstić information content (AvgIpc) is 3.00. The van der Waals surface area contributed by atoms with Gasteiger partial charge in [-0.1, -0.05) is 12.1 Å². The Kier molecular flexibility index (Phi) is 3.73. The molecule has 1 atom stereocenters. The van der Waals surface area contributed by atoms with Crippen LogP contribution in [-0.4, -0.2) is 39.5 Å². The van der Waals surface area contributed by atoms with Gasteiger partial charge in [0.1, 0.15) is 0 Å². The van der Waals surface area contributed by atoms with Crippen LogP contribution in [0, 0.1) is 0 Å². The molecule has 0 bridgehead atoms. The van der Waals surface area contributed by atoms with Crippen LogP contribution in [-0.2, 0) is 11.3 Å². The zero-order chi connectivity index (χ0) is 12.1. The highest BCUT2D eigenvalue weighted by Gasteiger charge is 2.38. The van der Waals surface area contributed by atoms with Crippen LogP contribution in [0.3, 0.4) is 0 Å². The minimum atomic E-state index is -0.345. The molecule has 2 N–H and O–H groups in total. The molecule has 1 fully saturated rings. The molecule has 0 aromatic carbocycles. The first-order chi connectivity index (χ1) is 8.27. The van der Waals surface area contributed by atoms with E-state index < -0.39 is 0 Å². The molecule has 1 saturated heterocycles. The predicted octanol–water partition coefficient (Wildman–Crippen LogP) is -0.0735. The van der Waals surface area contributed by atoms with Crippen molar-refractivity contribution in [1.82, 2.24) is 25.6 Å². The Morgan fingerprint density at radius 2 is 2.53 bits per heavy atom. The number of aromatic nitrogens is 3. The van der Waals surface area contributed by atoms with Gasteiger partial charge in [-0.2, -0.15) is 0 Å². The van der Waals surface area contributed by atoms with Gasteiger partial charge in [0, 0.05) is 12.7 Å². The van der Waals surface area contributed by atoms with Crippen molar-refractivity contribution < 1.29 is 4.79 Å². The average molecular weight is 237 g/mol.